The summed E-state index contributed by atoms with van der Waals surface area (Å²) < 4.78 is 38.1. The van der Waals surface area contributed by atoms with Gasteiger partial charge in [0.15, 0.2) is 0 Å². The van der Waals surface area contributed by atoms with Crippen molar-refractivity contribution in [2.45, 2.75) is 37.5 Å². The SMILES string of the molecule is O=C1[C@H](Cc2ccc(Cl)cc2)N(C2CCN(c3ccccn3)CC2)CCN1OC(=O)C(F)(F)F. The van der Waals surface area contributed by atoms with Gasteiger partial charge in [-0.25, -0.2) is 9.78 Å². The standard InChI is InChI=1S/C23H24ClF3N4O3/c24-17-6-4-16(5-7-17)15-19-21(32)31(34-22(33)23(25,26)27)14-13-30(19)18-8-11-29(12-9-18)20-3-1-2-10-28-20/h1-7,10,18-19H,8-9,11-15H2/t19-/m0/s1. The summed E-state index contributed by atoms with van der Waals surface area (Å²) in [6.07, 6.45) is -1.64. The molecule has 2 aromatic rings. The van der Waals surface area contributed by atoms with Gasteiger partial charge in [-0.05, 0) is 49.1 Å². The van der Waals surface area contributed by atoms with Crippen LogP contribution in [0.5, 0.6) is 0 Å². The molecule has 11 heteroatoms. The first-order chi connectivity index (χ1) is 16.2. The number of halogens is 4. The van der Waals surface area contributed by atoms with Crippen LogP contribution in [0.25, 0.3) is 0 Å². The maximum Gasteiger partial charge on any atom is 0.493 e. The summed E-state index contributed by atoms with van der Waals surface area (Å²) in [5.74, 6) is -2.17. The number of benzene rings is 1. The van der Waals surface area contributed by atoms with Gasteiger partial charge in [-0.1, -0.05) is 29.8 Å². The molecule has 182 valence electrons. The van der Waals surface area contributed by atoms with E-state index in [1.165, 1.54) is 0 Å². The van der Waals surface area contributed by atoms with Gasteiger partial charge in [-0.15, -0.1) is 0 Å². The number of carbonyl (C=O) groups is 2. The minimum absolute atomic E-state index is 0.0571. The molecule has 1 amide bonds. The van der Waals surface area contributed by atoms with Crippen LogP contribution in [0.3, 0.4) is 0 Å². The van der Waals surface area contributed by atoms with E-state index in [0.717, 1.165) is 37.3 Å². The first-order valence-electron chi connectivity index (χ1n) is 11.0. The number of anilines is 1. The lowest BCUT2D eigenvalue weighted by Crippen LogP contribution is -2.62. The van der Waals surface area contributed by atoms with Gasteiger partial charge >= 0.3 is 12.1 Å². The molecule has 0 N–H and O–H groups in total. The smallest absolute Gasteiger partial charge is 0.357 e. The summed E-state index contributed by atoms with van der Waals surface area (Å²) in [6.45, 7) is 1.65. The number of alkyl halides is 3. The predicted octanol–water partition coefficient (Wildman–Crippen LogP) is 3.48. The Hall–Kier alpha value is -2.85. The number of hydroxylamine groups is 2. The maximum absolute atomic E-state index is 13.2. The number of amides is 1. The van der Waals surface area contributed by atoms with Gasteiger partial charge in [0.2, 0.25) is 0 Å². The number of pyridine rings is 1. The molecule has 2 aliphatic rings. The van der Waals surface area contributed by atoms with Crippen LogP contribution in [-0.2, 0) is 20.8 Å². The number of rotatable bonds is 5. The van der Waals surface area contributed by atoms with Crippen molar-refractivity contribution in [1.82, 2.24) is 14.9 Å². The summed E-state index contributed by atoms with van der Waals surface area (Å²) in [5, 5.41) is 1.09. The highest BCUT2D eigenvalue weighted by atomic mass is 35.5. The maximum atomic E-state index is 13.2. The summed E-state index contributed by atoms with van der Waals surface area (Å²) in [5.41, 5.74) is 0.808. The van der Waals surface area contributed by atoms with Crippen LogP contribution >= 0.6 is 11.6 Å². The molecule has 0 spiro atoms. The number of hydrogen-bond acceptors (Lipinski definition) is 6. The minimum atomic E-state index is -5.18. The zero-order valence-corrected chi connectivity index (χ0v) is 19.0. The largest absolute Gasteiger partial charge is 0.493 e. The van der Waals surface area contributed by atoms with E-state index >= 15 is 0 Å². The van der Waals surface area contributed by atoms with Crippen molar-refractivity contribution in [1.29, 1.82) is 0 Å². The molecule has 2 saturated heterocycles. The zero-order chi connectivity index (χ0) is 24.3. The summed E-state index contributed by atoms with van der Waals surface area (Å²) >= 11 is 5.96. The van der Waals surface area contributed by atoms with Crippen LogP contribution in [0.2, 0.25) is 5.02 Å². The van der Waals surface area contributed by atoms with Crippen LogP contribution in [0.15, 0.2) is 48.7 Å². The van der Waals surface area contributed by atoms with Gasteiger partial charge in [0.25, 0.3) is 5.91 Å². The van der Waals surface area contributed by atoms with Crippen molar-refractivity contribution in [3.05, 3.63) is 59.2 Å². The summed E-state index contributed by atoms with van der Waals surface area (Å²) in [7, 11) is 0. The minimum Gasteiger partial charge on any atom is -0.357 e. The molecular weight excluding hydrogens is 473 g/mol. The van der Waals surface area contributed by atoms with Crippen LogP contribution in [0.4, 0.5) is 19.0 Å². The van der Waals surface area contributed by atoms with E-state index in [2.05, 4.69) is 14.7 Å². The summed E-state index contributed by atoms with van der Waals surface area (Å²) in [4.78, 5) is 37.6. The van der Waals surface area contributed by atoms with Crippen LogP contribution in [-0.4, -0.2) is 71.3 Å². The van der Waals surface area contributed by atoms with E-state index in [1.54, 1.807) is 30.5 Å². The van der Waals surface area contributed by atoms with Gasteiger partial charge in [0.05, 0.1) is 12.6 Å². The molecule has 2 aliphatic heterocycles. The highest BCUT2D eigenvalue weighted by molar-refractivity contribution is 6.30. The second-order valence-corrected chi connectivity index (χ2v) is 8.74. The van der Waals surface area contributed by atoms with Crippen LogP contribution in [0.1, 0.15) is 18.4 Å². The number of piperidine rings is 1. The Labute approximate surface area is 200 Å². The summed E-state index contributed by atoms with van der Waals surface area (Å²) in [6, 6.07) is 12.0. The molecule has 0 radical (unpaired) electrons. The van der Waals surface area contributed by atoms with Crippen LogP contribution in [0, 0.1) is 0 Å². The van der Waals surface area contributed by atoms with Crippen molar-refractivity contribution >= 4 is 29.3 Å². The lowest BCUT2D eigenvalue weighted by molar-refractivity contribution is -0.243. The number of hydrogen-bond donors (Lipinski definition) is 0. The molecule has 0 aliphatic carbocycles. The van der Waals surface area contributed by atoms with Crippen molar-refractivity contribution < 1.29 is 27.6 Å². The number of aromatic nitrogens is 1. The third-order valence-electron chi connectivity index (χ3n) is 6.17. The lowest BCUT2D eigenvalue weighted by atomic mass is 9.95. The third-order valence-corrected chi connectivity index (χ3v) is 6.42. The Morgan fingerprint density at radius 2 is 1.76 bits per heavy atom. The van der Waals surface area contributed by atoms with Gasteiger partial charge in [-0.3, -0.25) is 9.69 Å². The van der Waals surface area contributed by atoms with E-state index < -0.39 is 24.1 Å². The number of carbonyl (C=O) groups excluding carboxylic acids is 2. The third kappa shape index (κ3) is 5.61. The van der Waals surface area contributed by atoms with E-state index in [1.807, 2.05) is 23.1 Å². The topological polar surface area (TPSA) is 66.0 Å². The molecule has 2 fully saturated rings. The molecule has 0 saturated carbocycles. The van der Waals surface area contributed by atoms with Gasteiger partial charge in [-0.2, -0.15) is 18.2 Å². The highest BCUT2D eigenvalue weighted by Gasteiger charge is 2.46. The fraction of sp³-hybridized carbons (Fsp3) is 0.435. The van der Waals surface area contributed by atoms with E-state index in [0.29, 0.717) is 16.6 Å². The molecule has 1 aromatic heterocycles. The number of nitrogens with zero attached hydrogens (tertiary/aromatic N) is 4. The fourth-order valence-corrected chi connectivity index (χ4v) is 4.60. The Morgan fingerprint density at radius 1 is 1.06 bits per heavy atom. The Kier molecular flexibility index (Phi) is 7.27. The number of piperazine rings is 1. The first kappa shape index (κ1) is 24.3. The second-order valence-electron chi connectivity index (χ2n) is 8.31. The Balaban J connectivity index is 1.49. The fourth-order valence-electron chi connectivity index (χ4n) is 4.48. The molecule has 1 aromatic carbocycles. The molecule has 3 heterocycles. The quantitative estimate of drug-likeness (QED) is 0.631. The first-order valence-corrected chi connectivity index (χ1v) is 11.4. The molecule has 1 atom stereocenters. The van der Waals surface area contributed by atoms with Crippen molar-refractivity contribution in [2.24, 2.45) is 0 Å². The van der Waals surface area contributed by atoms with Crippen LogP contribution < -0.4 is 4.90 Å². The molecular formula is C23H24ClF3N4O3. The molecule has 4 rings (SSSR count). The van der Waals surface area contributed by atoms with Gasteiger partial charge in [0, 0.05) is 36.9 Å². The van der Waals surface area contributed by atoms with E-state index in [-0.39, 0.29) is 19.0 Å². The molecule has 0 unspecified atom stereocenters. The molecule has 7 nitrogen and oxygen atoms in total. The lowest BCUT2D eigenvalue weighted by Gasteiger charge is -2.46. The Morgan fingerprint density at radius 3 is 2.38 bits per heavy atom. The Bertz CT molecular complexity index is 999. The van der Waals surface area contributed by atoms with Gasteiger partial charge < -0.3 is 9.74 Å². The second kappa shape index (κ2) is 10.2. The molecule has 34 heavy (non-hydrogen) atoms. The van der Waals surface area contributed by atoms with Crippen molar-refractivity contribution in [3.63, 3.8) is 0 Å². The van der Waals surface area contributed by atoms with Gasteiger partial charge in [0.1, 0.15) is 5.82 Å². The normalized spacial score (nSPS) is 20.5. The highest BCUT2D eigenvalue weighted by Crippen LogP contribution is 2.28. The average Bonchev–Trinajstić information content (AvgIpc) is 2.83. The van der Waals surface area contributed by atoms with Crippen molar-refractivity contribution in [3.8, 4) is 0 Å². The van der Waals surface area contributed by atoms with E-state index in [4.69, 9.17) is 11.6 Å². The predicted molar refractivity (Wildman–Crippen MR) is 119 cm³/mol. The molecule has 0 bridgehead atoms. The average molecular weight is 497 g/mol. The van der Waals surface area contributed by atoms with Crippen molar-refractivity contribution in [2.75, 3.05) is 31.1 Å². The monoisotopic (exact) mass is 496 g/mol. The van der Waals surface area contributed by atoms with E-state index in [9.17, 15) is 22.8 Å². The zero-order valence-electron chi connectivity index (χ0n) is 18.2.